The van der Waals surface area contributed by atoms with Gasteiger partial charge in [0.25, 0.3) is 0 Å². The monoisotopic (exact) mass is 388 g/mol. The second kappa shape index (κ2) is 8.94. The minimum Gasteiger partial charge on any atom is -0.459 e. The Bertz CT molecular complexity index is 794. The average Bonchev–Trinajstić information content (AvgIpc) is 2.73. The van der Waals surface area contributed by atoms with Gasteiger partial charge in [-0.3, -0.25) is 0 Å². The Hall–Kier alpha value is -2.78. The van der Waals surface area contributed by atoms with Crippen LogP contribution in [-0.2, 0) is 14.2 Å². The molecule has 3 rings (SSSR count). The van der Waals surface area contributed by atoms with Crippen molar-refractivity contribution in [2.75, 3.05) is 6.61 Å². The molecule has 1 aliphatic heterocycles. The summed E-state index contributed by atoms with van der Waals surface area (Å²) in [5.74, 6) is -1.42. The van der Waals surface area contributed by atoms with Gasteiger partial charge in [0.2, 0.25) is 0 Å². The third-order valence-electron chi connectivity index (χ3n) is 4.30. The van der Waals surface area contributed by atoms with Gasteiger partial charge < -0.3 is 29.5 Å². The smallest absolute Gasteiger partial charge is 0.338 e. The average molecular weight is 388 g/mol. The lowest BCUT2D eigenvalue weighted by atomic mass is 9.99. The standard InChI is InChI=1S/C20H20O8/c21-15-14(11-26-18(23)12-7-3-1-4-8-12)27-20(25)16(22)17(15)28-19(24)13-9-5-2-6-10-13/h1-10,14-17,20-22,25H,11H2/t14-,15-,16-,17-,20-/m1/s1. The third kappa shape index (κ3) is 4.55. The summed E-state index contributed by atoms with van der Waals surface area (Å²) in [5, 5.41) is 30.4. The van der Waals surface area contributed by atoms with Crippen LogP contribution in [0.3, 0.4) is 0 Å². The number of hydrogen-bond donors (Lipinski definition) is 3. The lowest BCUT2D eigenvalue weighted by Crippen LogP contribution is -2.60. The molecule has 0 amide bonds. The Morgan fingerprint density at radius 3 is 1.93 bits per heavy atom. The van der Waals surface area contributed by atoms with E-state index in [1.807, 2.05) is 0 Å². The number of carbonyl (C=O) groups is 2. The van der Waals surface area contributed by atoms with Crippen LogP contribution in [0.15, 0.2) is 60.7 Å². The first-order valence-corrected chi connectivity index (χ1v) is 8.65. The molecule has 0 saturated carbocycles. The molecule has 1 heterocycles. The number of hydrogen-bond acceptors (Lipinski definition) is 8. The molecule has 2 aromatic carbocycles. The molecule has 0 bridgehead atoms. The van der Waals surface area contributed by atoms with Crippen molar-refractivity contribution in [2.45, 2.75) is 30.7 Å². The van der Waals surface area contributed by atoms with Crippen LogP contribution < -0.4 is 0 Å². The van der Waals surface area contributed by atoms with Crippen LogP contribution in [0.4, 0.5) is 0 Å². The molecule has 1 aliphatic rings. The molecule has 8 nitrogen and oxygen atoms in total. The molecular weight excluding hydrogens is 368 g/mol. The van der Waals surface area contributed by atoms with E-state index in [1.165, 1.54) is 12.1 Å². The van der Waals surface area contributed by atoms with Gasteiger partial charge in [0.05, 0.1) is 11.1 Å². The summed E-state index contributed by atoms with van der Waals surface area (Å²) in [6, 6.07) is 16.2. The Balaban J connectivity index is 1.65. The Morgan fingerprint density at radius 1 is 0.821 bits per heavy atom. The van der Waals surface area contributed by atoms with Gasteiger partial charge in [-0.1, -0.05) is 36.4 Å². The first kappa shape index (κ1) is 20.0. The van der Waals surface area contributed by atoms with E-state index in [0.717, 1.165) is 0 Å². The summed E-state index contributed by atoms with van der Waals surface area (Å²) in [5.41, 5.74) is 0.523. The highest BCUT2D eigenvalue weighted by atomic mass is 16.7. The van der Waals surface area contributed by atoms with Crippen molar-refractivity contribution in [1.29, 1.82) is 0 Å². The zero-order chi connectivity index (χ0) is 20.1. The van der Waals surface area contributed by atoms with Crippen LogP contribution in [-0.4, -0.2) is 64.6 Å². The van der Waals surface area contributed by atoms with Gasteiger partial charge in [-0.05, 0) is 24.3 Å². The van der Waals surface area contributed by atoms with Gasteiger partial charge in [-0.2, -0.15) is 0 Å². The quantitative estimate of drug-likeness (QED) is 0.633. The molecule has 0 radical (unpaired) electrons. The highest BCUT2D eigenvalue weighted by Gasteiger charge is 2.46. The molecule has 5 atom stereocenters. The molecule has 1 saturated heterocycles. The third-order valence-corrected chi connectivity index (χ3v) is 4.30. The van der Waals surface area contributed by atoms with Crippen molar-refractivity contribution in [1.82, 2.24) is 0 Å². The zero-order valence-electron chi connectivity index (χ0n) is 14.8. The van der Waals surface area contributed by atoms with Gasteiger partial charge in [0.15, 0.2) is 12.4 Å². The molecule has 2 aromatic rings. The molecule has 0 unspecified atom stereocenters. The topological polar surface area (TPSA) is 123 Å². The van der Waals surface area contributed by atoms with Gasteiger partial charge >= 0.3 is 11.9 Å². The van der Waals surface area contributed by atoms with Gasteiger partial charge in [-0.15, -0.1) is 0 Å². The van der Waals surface area contributed by atoms with E-state index in [-0.39, 0.29) is 5.56 Å². The minimum atomic E-state index is -1.72. The van der Waals surface area contributed by atoms with E-state index in [1.54, 1.807) is 48.5 Å². The second-order valence-electron chi connectivity index (χ2n) is 6.25. The van der Waals surface area contributed by atoms with Crippen molar-refractivity contribution in [3.63, 3.8) is 0 Å². The maximum Gasteiger partial charge on any atom is 0.338 e. The maximum absolute atomic E-state index is 12.2. The van der Waals surface area contributed by atoms with Crippen LogP contribution in [0.5, 0.6) is 0 Å². The fourth-order valence-corrected chi connectivity index (χ4v) is 2.77. The highest BCUT2D eigenvalue weighted by Crippen LogP contribution is 2.24. The van der Waals surface area contributed by atoms with Crippen LogP contribution in [0, 0.1) is 0 Å². The fourth-order valence-electron chi connectivity index (χ4n) is 2.77. The van der Waals surface area contributed by atoms with Crippen molar-refractivity contribution >= 4 is 11.9 Å². The van der Waals surface area contributed by atoms with E-state index < -0.39 is 49.3 Å². The number of rotatable bonds is 5. The minimum absolute atomic E-state index is 0.218. The molecule has 0 spiro atoms. The second-order valence-corrected chi connectivity index (χ2v) is 6.25. The molecule has 0 aliphatic carbocycles. The predicted molar refractivity (Wildman–Crippen MR) is 95.3 cm³/mol. The number of ether oxygens (including phenoxy) is 3. The Labute approximate surface area is 160 Å². The fraction of sp³-hybridized carbons (Fsp3) is 0.300. The molecule has 28 heavy (non-hydrogen) atoms. The van der Waals surface area contributed by atoms with Crippen LogP contribution in [0.25, 0.3) is 0 Å². The summed E-state index contributed by atoms with van der Waals surface area (Å²) in [6.45, 7) is -0.405. The molecule has 1 fully saturated rings. The largest absolute Gasteiger partial charge is 0.459 e. The first-order valence-electron chi connectivity index (χ1n) is 8.65. The summed E-state index contributed by atoms with van der Waals surface area (Å²) in [4.78, 5) is 24.2. The van der Waals surface area contributed by atoms with Crippen molar-refractivity contribution in [3.8, 4) is 0 Å². The SMILES string of the molecule is O=C(OC[C@H]1O[C@@H](O)[C@H](O)[C@H](OC(=O)c2ccccc2)[C@@H]1O)c1ccccc1. The summed E-state index contributed by atoms with van der Waals surface area (Å²) < 4.78 is 15.4. The lowest BCUT2D eigenvalue weighted by molar-refractivity contribution is -0.285. The molecular formula is C20H20O8. The van der Waals surface area contributed by atoms with E-state index in [0.29, 0.717) is 5.56 Å². The predicted octanol–water partition coefficient (Wildman–Crippen LogP) is 0.508. The molecule has 8 heteroatoms. The van der Waals surface area contributed by atoms with Crippen molar-refractivity contribution in [3.05, 3.63) is 71.8 Å². The molecule has 3 N–H and O–H groups in total. The zero-order valence-corrected chi connectivity index (χ0v) is 14.8. The number of aliphatic hydroxyl groups is 3. The summed E-state index contributed by atoms with van der Waals surface area (Å²) >= 11 is 0. The van der Waals surface area contributed by atoms with E-state index in [4.69, 9.17) is 14.2 Å². The van der Waals surface area contributed by atoms with E-state index in [2.05, 4.69) is 0 Å². The first-order chi connectivity index (χ1) is 13.5. The lowest BCUT2D eigenvalue weighted by Gasteiger charge is -2.39. The Kier molecular flexibility index (Phi) is 6.37. The molecule has 148 valence electrons. The summed E-state index contributed by atoms with van der Waals surface area (Å²) in [6.07, 6.45) is -7.56. The van der Waals surface area contributed by atoms with Crippen molar-refractivity contribution in [2.24, 2.45) is 0 Å². The normalized spacial score (nSPS) is 27.0. The summed E-state index contributed by atoms with van der Waals surface area (Å²) in [7, 11) is 0. The maximum atomic E-state index is 12.2. The van der Waals surface area contributed by atoms with Crippen molar-refractivity contribution < 1.29 is 39.1 Å². The number of esters is 2. The van der Waals surface area contributed by atoms with E-state index in [9.17, 15) is 24.9 Å². The Morgan fingerprint density at radius 2 is 1.36 bits per heavy atom. The van der Waals surface area contributed by atoms with Crippen LogP contribution >= 0.6 is 0 Å². The highest BCUT2D eigenvalue weighted by molar-refractivity contribution is 5.89. The number of aliphatic hydroxyl groups excluding tert-OH is 3. The van der Waals surface area contributed by atoms with Gasteiger partial charge in [-0.25, -0.2) is 9.59 Å². The van der Waals surface area contributed by atoms with E-state index >= 15 is 0 Å². The van der Waals surface area contributed by atoms with Gasteiger partial charge in [0.1, 0.15) is 24.9 Å². The number of carbonyl (C=O) groups excluding carboxylic acids is 2. The van der Waals surface area contributed by atoms with Crippen LogP contribution in [0.2, 0.25) is 0 Å². The van der Waals surface area contributed by atoms with Gasteiger partial charge in [0, 0.05) is 0 Å². The van der Waals surface area contributed by atoms with Crippen LogP contribution in [0.1, 0.15) is 20.7 Å². The number of benzene rings is 2. The molecule has 0 aromatic heterocycles.